The lowest BCUT2D eigenvalue weighted by molar-refractivity contribution is -0.118. The maximum Gasteiger partial charge on any atom is 0.278 e. The van der Waals surface area contributed by atoms with E-state index in [0.29, 0.717) is 17.2 Å². The van der Waals surface area contributed by atoms with Crippen molar-refractivity contribution in [3.63, 3.8) is 0 Å². The van der Waals surface area contributed by atoms with Crippen molar-refractivity contribution in [1.29, 1.82) is 0 Å². The molecule has 5 nitrogen and oxygen atoms in total. The minimum absolute atomic E-state index is 0.0212. The zero-order valence-electron chi connectivity index (χ0n) is 14.4. The Labute approximate surface area is 148 Å². The quantitative estimate of drug-likeness (QED) is 0.606. The molecule has 0 aliphatic heterocycles. The van der Waals surface area contributed by atoms with Crippen molar-refractivity contribution in [2.45, 2.75) is 37.0 Å². The zero-order chi connectivity index (χ0) is 17.4. The Morgan fingerprint density at radius 1 is 1.25 bits per heavy atom. The fourth-order valence-corrected chi connectivity index (χ4v) is 3.74. The summed E-state index contributed by atoms with van der Waals surface area (Å²) in [6, 6.07) is 7.28. The van der Waals surface area contributed by atoms with Crippen LogP contribution in [0.5, 0.6) is 0 Å². The topological polar surface area (TPSA) is 58.6 Å². The SMILES string of the molecule is CON(C)C(=O)c1ccccc1SCC(=O)NCC1CCCCC1. The van der Waals surface area contributed by atoms with Crippen LogP contribution in [0.25, 0.3) is 0 Å². The third-order valence-corrected chi connectivity index (χ3v) is 5.42. The van der Waals surface area contributed by atoms with Crippen LogP contribution in [0.3, 0.4) is 0 Å². The molecule has 1 saturated carbocycles. The lowest BCUT2D eigenvalue weighted by Gasteiger charge is -2.21. The normalized spacial score (nSPS) is 15.1. The largest absolute Gasteiger partial charge is 0.355 e. The minimum atomic E-state index is -0.219. The molecule has 24 heavy (non-hydrogen) atoms. The molecule has 1 aromatic carbocycles. The number of rotatable bonds is 7. The molecule has 2 amide bonds. The van der Waals surface area contributed by atoms with Gasteiger partial charge < -0.3 is 5.32 Å². The predicted octanol–water partition coefficient (Wildman–Crippen LogP) is 3.11. The van der Waals surface area contributed by atoms with Crippen molar-refractivity contribution in [3.8, 4) is 0 Å². The first-order valence-electron chi connectivity index (χ1n) is 8.42. The smallest absolute Gasteiger partial charge is 0.278 e. The van der Waals surface area contributed by atoms with Crippen LogP contribution >= 0.6 is 11.8 Å². The van der Waals surface area contributed by atoms with Crippen molar-refractivity contribution in [2.24, 2.45) is 5.92 Å². The number of hydroxylamine groups is 2. The molecule has 132 valence electrons. The number of hydrogen-bond donors (Lipinski definition) is 1. The fraction of sp³-hybridized carbons (Fsp3) is 0.556. The first-order chi connectivity index (χ1) is 11.6. The van der Waals surface area contributed by atoms with Crippen LogP contribution in [0.1, 0.15) is 42.5 Å². The van der Waals surface area contributed by atoms with Gasteiger partial charge in [0.2, 0.25) is 5.91 Å². The summed E-state index contributed by atoms with van der Waals surface area (Å²) in [5.74, 6) is 0.737. The molecule has 1 fully saturated rings. The number of amides is 2. The van der Waals surface area contributed by atoms with Crippen LogP contribution in [-0.2, 0) is 9.63 Å². The highest BCUT2D eigenvalue weighted by Crippen LogP contribution is 2.24. The molecule has 0 heterocycles. The molecule has 0 saturated heterocycles. The van der Waals surface area contributed by atoms with Gasteiger partial charge in [-0.2, -0.15) is 0 Å². The van der Waals surface area contributed by atoms with Gasteiger partial charge in [-0.25, -0.2) is 5.06 Å². The molecule has 1 aliphatic rings. The molecule has 0 unspecified atom stereocenters. The minimum Gasteiger partial charge on any atom is -0.355 e. The third kappa shape index (κ3) is 5.53. The van der Waals surface area contributed by atoms with E-state index in [1.807, 2.05) is 18.2 Å². The summed E-state index contributed by atoms with van der Waals surface area (Å²) in [6.45, 7) is 0.770. The van der Waals surface area contributed by atoms with Gasteiger partial charge in [0, 0.05) is 18.5 Å². The first kappa shape index (κ1) is 18.8. The molecule has 0 radical (unpaired) electrons. The Bertz CT molecular complexity index is 559. The fourth-order valence-electron chi connectivity index (χ4n) is 2.87. The van der Waals surface area contributed by atoms with Crippen LogP contribution in [0, 0.1) is 5.92 Å². The summed E-state index contributed by atoms with van der Waals surface area (Å²) in [6.07, 6.45) is 6.30. The van der Waals surface area contributed by atoms with E-state index in [-0.39, 0.29) is 11.8 Å². The van der Waals surface area contributed by atoms with Crippen molar-refractivity contribution in [1.82, 2.24) is 10.4 Å². The van der Waals surface area contributed by atoms with E-state index < -0.39 is 0 Å². The van der Waals surface area contributed by atoms with Crippen molar-refractivity contribution in [3.05, 3.63) is 29.8 Å². The monoisotopic (exact) mass is 350 g/mol. The highest BCUT2D eigenvalue weighted by molar-refractivity contribution is 8.00. The predicted molar refractivity (Wildman–Crippen MR) is 95.9 cm³/mol. The Kier molecular flexibility index (Phi) is 7.59. The summed E-state index contributed by atoms with van der Waals surface area (Å²) in [5.41, 5.74) is 0.548. The van der Waals surface area contributed by atoms with Crippen LogP contribution in [0.4, 0.5) is 0 Å². The van der Waals surface area contributed by atoms with Gasteiger partial charge in [0.15, 0.2) is 0 Å². The van der Waals surface area contributed by atoms with E-state index in [4.69, 9.17) is 4.84 Å². The summed E-state index contributed by atoms with van der Waals surface area (Å²) < 4.78 is 0. The second kappa shape index (κ2) is 9.69. The highest BCUT2D eigenvalue weighted by atomic mass is 32.2. The van der Waals surface area contributed by atoms with Gasteiger partial charge in [0.1, 0.15) is 0 Å². The number of nitrogens with zero attached hydrogens (tertiary/aromatic N) is 1. The summed E-state index contributed by atoms with van der Waals surface area (Å²) >= 11 is 1.38. The number of benzene rings is 1. The summed E-state index contributed by atoms with van der Waals surface area (Å²) in [7, 11) is 3.02. The van der Waals surface area contributed by atoms with E-state index >= 15 is 0 Å². The molecule has 0 spiro atoms. The Hall–Kier alpha value is -1.53. The lowest BCUT2D eigenvalue weighted by atomic mass is 9.89. The van der Waals surface area contributed by atoms with Crippen molar-refractivity contribution >= 4 is 23.6 Å². The molecule has 1 N–H and O–H groups in total. The maximum atomic E-state index is 12.3. The van der Waals surface area contributed by atoms with Gasteiger partial charge in [0.25, 0.3) is 5.91 Å². The average molecular weight is 350 g/mol. The van der Waals surface area contributed by atoms with E-state index in [1.54, 1.807) is 13.1 Å². The molecule has 2 rings (SSSR count). The van der Waals surface area contributed by atoms with Gasteiger partial charge >= 0.3 is 0 Å². The summed E-state index contributed by atoms with van der Waals surface area (Å²) in [5, 5.41) is 4.21. The number of thioether (sulfide) groups is 1. The highest BCUT2D eigenvalue weighted by Gasteiger charge is 2.17. The second-order valence-corrected chi connectivity index (χ2v) is 7.10. The second-order valence-electron chi connectivity index (χ2n) is 6.08. The molecule has 0 atom stereocenters. The zero-order valence-corrected chi connectivity index (χ0v) is 15.2. The van der Waals surface area contributed by atoms with Crippen LogP contribution in [0.2, 0.25) is 0 Å². The van der Waals surface area contributed by atoms with Crippen LogP contribution in [-0.4, -0.2) is 43.3 Å². The standard InChI is InChI=1S/C18H26N2O3S/c1-20(23-2)18(22)15-10-6-7-11-16(15)24-13-17(21)19-12-14-8-4-3-5-9-14/h6-7,10-11,14H,3-5,8-9,12-13H2,1-2H3,(H,19,21). The lowest BCUT2D eigenvalue weighted by Crippen LogP contribution is -2.31. The number of nitrogens with one attached hydrogen (secondary N) is 1. The van der Waals surface area contributed by atoms with Crippen LogP contribution in [0.15, 0.2) is 29.2 Å². The van der Waals surface area contributed by atoms with E-state index in [0.717, 1.165) is 11.4 Å². The van der Waals surface area contributed by atoms with Crippen LogP contribution < -0.4 is 5.32 Å². The van der Waals surface area contributed by atoms with Gasteiger partial charge in [-0.1, -0.05) is 31.4 Å². The molecule has 1 aromatic rings. The molecule has 1 aliphatic carbocycles. The van der Waals surface area contributed by atoms with Crippen molar-refractivity contribution < 1.29 is 14.4 Å². The van der Waals surface area contributed by atoms with Gasteiger partial charge in [0.05, 0.1) is 18.4 Å². The average Bonchev–Trinajstić information content (AvgIpc) is 2.64. The molecule has 0 bridgehead atoms. The number of carbonyl (C=O) groups is 2. The molecular weight excluding hydrogens is 324 g/mol. The summed E-state index contributed by atoms with van der Waals surface area (Å²) in [4.78, 5) is 30.1. The Morgan fingerprint density at radius 3 is 2.67 bits per heavy atom. The molecular formula is C18H26N2O3S. The van der Waals surface area contributed by atoms with Gasteiger partial charge in [-0.3, -0.25) is 14.4 Å². The van der Waals surface area contributed by atoms with E-state index in [1.165, 1.54) is 56.0 Å². The number of carbonyl (C=O) groups excluding carboxylic acids is 2. The van der Waals surface area contributed by atoms with Gasteiger partial charge in [-0.15, -0.1) is 11.8 Å². The van der Waals surface area contributed by atoms with Crippen molar-refractivity contribution in [2.75, 3.05) is 26.5 Å². The van der Waals surface area contributed by atoms with E-state index in [2.05, 4.69) is 5.32 Å². The van der Waals surface area contributed by atoms with E-state index in [9.17, 15) is 9.59 Å². The third-order valence-electron chi connectivity index (χ3n) is 4.35. The maximum absolute atomic E-state index is 12.3. The number of hydrogen-bond acceptors (Lipinski definition) is 4. The Balaban J connectivity index is 1.85. The molecule has 6 heteroatoms. The molecule has 0 aromatic heterocycles. The Morgan fingerprint density at radius 2 is 1.96 bits per heavy atom. The first-order valence-corrected chi connectivity index (χ1v) is 9.41. The van der Waals surface area contributed by atoms with Gasteiger partial charge in [-0.05, 0) is 30.9 Å².